The number of fused-ring (bicyclic) bond motifs is 1. The van der Waals surface area contributed by atoms with Crippen LogP contribution < -0.4 is 0 Å². The Morgan fingerprint density at radius 3 is 2.20 bits per heavy atom. The van der Waals surface area contributed by atoms with Crippen molar-refractivity contribution in [2.45, 2.75) is 0 Å². The van der Waals surface area contributed by atoms with Crippen molar-refractivity contribution in [3.8, 4) is 11.1 Å². The highest BCUT2D eigenvalue weighted by molar-refractivity contribution is 6.03. The van der Waals surface area contributed by atoms with Crippen LogP contribution in [0.3, 0.4) is 0 Å². The molecule has 2 nitrogen and oxygen atoms in total. The molecule has 0 amide bonds. The Labute approximate surface area is 115 Å². The number of carboxylic acids is 1. The second-order valence-electron chi connectivity index (χ2n) is 4.49. The number of aromatic carboxylic acids is 1. The maximum Gasteiger partial charge on any atom is 0.336 e. The Morgan fingerprint density at radius 1 is 0.800 bits per heavy atom. The fraction of sp³-hybridized carbons (Fsp3) is 0. The van der Waals surface area contributed by atoms with E-state index in [1.54, 1.807) is 48.5 Å². The first-order chi connectivity index (χ1) is 9.68. The molecule has 3 rings (SSSR count). The van der Waals surface area contributed by atoms with Crippen molar-refractivity contribution in [1.82, 2.24) is 0 Å². The zero-order chi connectivity index (χ0) is 14.1. The summed E-state index contributed by atoms with van der Waals surface area (Å²) in [7, 11) is 0. The van der Waals surface area contributed by atoms with Crippen molar-refractivity contribution in [2.24, 2.45) is 0 Å². The van der Waals surface area contributed by atoms with Crippen LogP contribution in [0.1, 0.15) is 10.4 Å². The Bertz CT molecular complexity index is 809. The molecule has 0 radical (unpaired) electrons. The lowest BCUT2D eigenvalue weighted by Crippen LogP contribution is -1.99. The van der Waals surface area contributed by atoms with Gasteiger partial charge in [0, 0.05) is 5.39 Å². The second kappa shape index (κ2) is 4.78. The van der Waals surface area contributed by atoms with Crippen LogP contribution in [0.25, 0.3) is 21.9 Å². The molecule has 20 heavy (non-hydrogen) atoms. The maximum absolute atomic E-state index is 13.8. The summed E-state index contributed by atoms with van der Waals surface area (Å²) in [6.07, 6.45) is 0. The molecule has 0 saturated heterocycles. The van der Waals surface area contributed by atoms with Crippen molar-refractivity contribution < 1.29 is 14.3 Å². The molecule has 0 aliphatic heterocycles. The van der Waals surface area contributed by atoms with Gasteiger partial charge in [-0.1, -0.05) is 48.5 Å². The molecule has 0 atom stereocenters. The van der Waals surface area contributed by atoms with Gasteiger partial charge in [0.1, 0.15) is 5.82 Å². The molecular weight excluding hydrogens is 255 g/mol. The summed E-state index contributed by atoms with van der Waals surface area (Å²) in [6.45, 7) is 0. The number of halogens is 1. The lowest BCUT2D eigenvalue weighted by molar-refractivity contribution is 0.0698. The smallest absolute Gasteiger partial charge is 0.336 e. The molecule has 0 bridgehead atoms. The summed E-state index contributed by atoms with van der Waals surface area (Å²) in [5, 5.41) is 10.5. The molecule has 0 spiro atoms. The number of carbonyl (C=O) groups is 1. The molecule has 0 saturated carbocycles. The number of benzene rings is 3. The molecule has 3 aromatic rings. The van der Waals surface area contributed by atoms with Gasteiger partial charge < -0.3 is 5.11 Å². The lowest BCUT2D eigenvalue weighted by Gasteiger charge is -2.10. The lowest BCUT2D eigenvalue weighted by atomic mass is 9.94. The van der Waals surface area contributed by atoms with Crippen LogP contribution in [0, 0.1) is 5.82 Å². The predicted molar refractivity (Wildman–Crippen MR) is 76.3 cm³/mol. The molecule has 98 valence electrons. The summed E-state index contributed by atoms with van der Waals surface area (Å²) in [6, 6.07) is 16.8. The van der Waals surface area contributed by atoms with Crippen LogP contribution in [0.2, 0.25) is 0 Å². The summed E-state index contributed by atoms with van der Waals surface area (Å²) in [5.74, 6) is -1.30. The minimum Gasteiger partial charge on any atom is -0.478 e. The maximum atomic E-state index is 13.8. The zero-order valence-corrected chi connectivity index (χ0v) is 10.5. The monoisotopic (exact) mass is 266 g/mol. The van der Waals surface area contributed by atoms with Gasteiger partial charge in [0.25, 0.3) is 0 Å². The minimum absolute atomic E-state index is 0.212. The first-order valence-corrected chi connectivity index (χ1v) is 6.18. The first kappa shape index (κ1) is 12.4. The van der Waals surface area contributed by atoms with Crippen LogP contribution in [0.15, 0.2) is 60.7 Å². The number of rotatable bonds is 2. The van der Waals surface area contributed by atoms with Crippen LogP contribution in [-0.4, -0.2) is 11.1 Å². The first-order valence-electron chi connectivity index (χ1n) is 6.18. The molecule has 1 N–H and O–H groups in total. The summed E-state index contributed by atoms with van der Waals surface area (Å²) >= 11 is 0. The van der Waals surface area contributed by atoms with Gasteiger partial charge in [-0.2, -0.15) is 0 Å². The fourth-order valence-electron chi connectivity index (χ4n) is 2.40. The van der Waals surface area contributed by atoms with E-state index in [0.29, 0.717) is 16.3 Å². The van der Waals surface area contributed by atoms with Crippen molar-refractivity contribution in [3.05, 3.63) is 72.0 Å². The largest absolute Gasteiger partial charge is 0.478 e. The van der Waals surface area contributed by atoms with E-state index in [-0.39, 0.29) is 11.4 Å². The van der Waals surface area contributed by atoms with Crippen molar-refractivity contribution in [3.63, 3.8) is 0 Å². The average Bonchev–Trinajstić information content (AvgIpc) is 2.48. The average molecular weight is 266 g/mol. The van der Waals surface area contributed by atoms with Crippen molar-refractivity contribution in [1.29, 1.82) is 0 Å². The van der Waals surface area contributed by atoms with Gasteiger partial charge in [0.05, 0.1) is 5.56 Å². The highest BCUT2D eigenvalue weighted by atomic mass is 19.1. The normalized spacial score (nSPS) is 10.7. The van der Waals surface area contributed by atoms with E-state index in [4.69, 9.17) is 0 Å². The minimum atomic E-state index is -0.992. The molecule has 0 heterocycles. The van der Waals surface area contributed by atoms with Gasteiger partial charge in [-0.25, -0.2) is 9.18 Å². The molecule has 3 heteroatoms. The fourth-order valence-corrected chi connectivity index (χ4v) is 2.40. The summed E-state index contributed by atoms with van der Waals surface area (Å²) < 4.78 is 13.8. The van der Waals surface area contributed by atoms with Crippen LogP contribution in [0.5, 0.6) is 0 Å². The van der Waals surface area contributed by atoms with Crippen LogP contribution >= 0.6 is 0 Å². The van der Waals surface area contributed by atoms with Crippen LogP contribution in [-0.2, 0) is 0 Å². The summed E-state index contributed by atoms with van der Waals surface area (Å²) in [5.41, 5.74) is 1.53. The third kappa shape index (κ3) is 1.93. The number of carboxylic acid groups (broad SMARTS) is 1. The topological polar surface area (TPSA) is 37.3 Å². The highest BCUT2D eigenvalue weighted by Gasteiger charge is 2.14. The summed E-state index contributed by atoms with van der Waals surface area (Å²) in [4.78, 5) is 11.3. The highest BCUT2D eigenvalue weighted by Crippen LogP contribution is 2.32. The Kier molecular flexibility index (Phi) is 2.95. The molecule has 0 fully saturated rings. The van der Waals surface area contributed by atoms with E-state index in [2.05, 4.69) is 0 Å². The molecule has 0 aromatic heterocycles. The predicted octanol–water partition coefficient (Wildman–Crippen LogP) is 4.34. The molecular formula is C17H11FO2. The second-order valence-corrected chi connectivity index (χ2v) is 4.49. The Morgan fingerprint density at radius 2 is 1.45 bits per heavy atom. The van der Waals surface area contributed by atoms with E-state index < -0.39 is 5.97 Å². The number of hydrogen-bond donors (Lipinski definition) is 1. The Balaban J connectivity index is 2.37. The van der Waals surface area contributed by atoms with E-state index in [1.807, 2.05) is 6.07 Å². The zero-order valence-electron chi connectivity index (χ0n) is 10.5. The van der Waals surface area contributed by atoms with E-state index >= 15 is 0 Å². The molecule has 0 aliphatic carbocycles. The molecule has 0 aliphatic rings. The van der Waals surface area contributed by atoms with Gasteiger partial charge in [0.15, 0.2) is 0 Å². The van der Waals surface area contributed by atoms with E-state index in [1.165, 1.54) is 6.07 Å². The quantitative estimate of drug-likeness (QED) is 0.749. The number of hydrogen-bond acceptors (Lipinski definition) is 1. The SMILES string of the molecule is O=C(O)c1ccccc1-c1ccc(F)c2ccccc12. The van der Waals surface area contributed by atoms with Gasteiger partial charge in [-0.15, -0.1) is 0 Å². The van der Waals surface area contributed by atoms with Gasteiger partial charge in [-0.3, -0.25) is 0 Å². The van der Waals surface area contributed by atoms with Crippen molar-refractivity contribution in [2.75, 3.05) is 0 Å². The standard InChI is InChI=1S/C17H11FO2/c18-16-10-9-13(11-5-1-3-7-14(11)16)12-6-2-4-8-15(12)17(19)20/h1-10H,(H,19,20). The van der Waals surface area contributed by atoms with Gasteiger partial charge in [-0.05, 0) is 28.6 Å². The van der Waals surface area contributed by atoms with Crippen LogP contribution in [0.4, 0.5) is 4.39 Å². The third-order valence-corrected chi connectivity index (χ3v) is 3.32. The van der Waals surface area contributed by atoms with E-state index in [0.717, 1.165) is 5.56 Å². The van der Waals surface area contributed by atoms with Crippen molar-refractivity contribution >= 4 is 16.7 Å². The van der Waals surface area contributed by atoms with E-state index in [9.17, 15) is 14.3 Å². The molecule has 3 aromatic carbocycles. The van der Waals surface area contributed by atoms with Gasteiger partial charge in [0.2, 0.25) is 0 Å². The molecule has 0 unspecified atom stereocenters. The third-order valence-electron chi connectivity index (χ3n) is 3.32. The van der Waals surface area contributed by atoms with Gasteiger partial charge >= 0.3 is 5.97 Å². The Hall–Kier alpha value is -2.68.